The third kappa shape index (κ3) is 2.95. The van der Waals surface area contributed by atoms with Gasteiger partial charge in [0.05, 0.1) is 12.2 Å². The average Bonchev–Trinajstić information content (AvgIpc) is 3.00. The molecule has 1 saturated heterocycles. The molecule has 20 heavy (non-hydrogen) atoms. The van der Waals surface area contributed by atoms with Crippen LogP contribution < -0.4 is 5.32 Å². The van der Waals surface area contributed by atoms with Gasteiger partial charge in [0.2, 0.25) is 0 Å². The van der Waals surface area contributed by atoms with Crippen molar-refractivity contribution < 1.29 is 14.3 Å². The van der Waals surface area contributed by atoms with Gasteiger partial charge in [0, 0.05) is 19.6 Å². The Bertz CT molecular complexity index is 525. The predicted octanol–water partition coefficient (Wildman–Crippen LogP) is -0.0455. The summed E-state index contributed by atoms with van der Waals surface area (Å²) in [4.78, 5) is 24.8. The van der Waals surface area contributed by atoms with E-state index in [4.69, 9.17) is 4.74 Å². The van der Waals surface area contributed by atoms with E-state index in [2.05, 4.69) is 22.2 Å². The maximum Gasteiger partial charge on any atom is 0.361 e. The fraction of sp³-hybridized carbons (Fsp3) is 0.500. The van der Waals surface area contributed by atoms with E-state index >= 15 is 0 Å². The average molecular weight is 279 g/mol. The zero-order valence-electron chi connectivity index (χ0n) is 11.3. The Hall–Kier alpha value is -2.38. The fourth-order valence-corrected chi connectivity index (χ4v) is 1.90. The Balaban J connectivity index is 1.96. The molecule has 0 aromatic carbocycles. The summed E-state index contributed by atoms with van der Waals surface area (Å²) < 4.78 is 6.51. The van der Waals surface area contributed by atoms with E-state index in [0.29, 0.717) is 31.9 Å². The number of hydrogen-bond donors (Lipinski definition) is 1. The van der Waals surface area contributed by atoms with Crippen molar-refractivity contribution in [2.45, 2.75) is 13.5 Å². The maximum absolute atomic E-state index is 11.7. The van der Waals surface area contributed by atoms with Crippen molar-refractivity contribution in [2.24, 2.45) is 0 Å². The number of rotatable bonds is 6. The number of carbonyl (C=O) groups is 2. The highest BCUT2D eigenvalue weighted by Gasteiger charge is 2.21. The summed E-state index contributed by atoms with van der Waals surface area (Å²) >= 11 is 0. The molecule has 108 valence electrons. The van der Waals surface area contributed by atoms with Crippen molar-refractivity contribution in [3.8, 4) is 0 Å². The lowest BCUT2D eigenvalue weighted by Crippen LogP contribution is -2.31. The summed E-state index contributed by atoms with van der Waals surface area (Å²) in [6.07, 6.45) is 1.49. The Morgan fingerprint density at radius 1 is 1.55 bits per heavy atom. The van der Waals surface area contributed by atoms with Crippen LogP contribution in [-0.2, 0) is 11.3 Å². The van der Waals surface area contributed by atoms with Crippen LogP contribution in [0.5, 0.6) is 0 Å². The molecule has 8 nitrogen and oxygen atoms in total. The van der Waals surface area contributed by atoms with Gasteiger partial charge in [0.15, 0.2) is 5.69 Å². The van der Waals surface area contributed by atoms with E-state index in [-0.39, 0.29) is 18.3 Å². The molecule has 1 aliphatic rings. The molecule has 0 radical (unpaired) electrons. The molecular weight excluding hydrogens is 262 g/mol. The first kappa shape index (κ1) is 14.0. The number of nitrogens with zero attached hydrogens (tertiary/aromatic N) is 4. The lowest BCUT2D eigenvalue weighted by Gasteiger charge is -2.13. The molecule has 0 saturated carbocycles. The van der Waals surface area contributed by atoms with E-state index in [1.807, 2.05) is 0 Å². The predicted molar refractivity (Wildman–Crippen MR) is 70.2 cm³/mol. The van der Waals surface area contributed by atoms with Gasteiger partial charge in [-0.2, -0.15) is 0 Å². The smallest absolute Gasteiger partial charge is 0.361 e. The second-order valence-electron chi connectivity index (χ2n) is 4.35. The molecular formula is C12H17N5O3. The molecule has 1 aromatic rings. The summed E-state index contributed by atoms with van der Waals surface area (Å²) in [5.74, 6) is -0.521. The van der Waals surface area contributed by atoms with Crippen LogP contribution in [-0.4, -0.2) is 58.1 Å². The molecule has 1 aliphatic heterocycles. The van der Waals surface area contributed by atoms with Crippen LogP contribution in [0.4, 0.5) is 4.79 Å². The summed E-state index contributed by atoms with van der Waals surface area (Å²) in [5.41, 5.74) is 0.816. The minimum Gasteiger partial charge on any atom is -0.457 e. The third-order valence-electron chi connectivity index (χ3n) is 3.04. The Labute approximate surface area is 116 Å². The normalized spacial score (nSPS) is 14.2. The van der Waals surface area contributed by atoms with E-state index in [0.717, 1.165) is 0 Å². The Kier molecular flexibility index (Phi) is 4.34. The van der Waals surface area contributed by atoms with Gasteiger partial charge in [-0.05, 0) is 6.92 Å². The van der Waals surface area contributed by atoms with Crippen LogP contribution in [0.3, 0.4) is 0 Å². The van der Waals surface area contributed by atoms with Crippen molar-refractivity contribution >= 4 is 12.0 Å². The van der Waals surface area contributed by atoms with Crippen LogP contribution in [0.25, 0.3) is 0 Å². The molecule has 2 rings (SSSR count). The summed E-state index contributed by atoms with van der Waals surface area (Å²) in [6, 6.07) is -0.0756. The van der Waals surface area contributed by atoms with Crippen LogP contribution in [0.2, 0.25) is 0 Å². The molecule has 0 aliphatic carbocycles. The van der Waals surface area contributed by atoms with E-state index in [9.17, 15) is 9.59 Å². The van der Waals surface area contributed by atoms with Crippen LogP contribution in [0, 0.1) is 6.92 Å². The van der Waals surface area contributed by atoms with Crippen LogP contribution >= 0.6 is 0 Å². The van der Waals surface area contributed by atoms with Crippen molar-refractivity contribution in [3.05, 3.63) is 24.0 Å². The molecule has 0 spiro atoms. The highest BCUT2D eigenvalue weighted by molar-refractivity contribution is 5.88. The number of hydrogen-bond acceptors (Lipinski definition) is 5. The summed E-state index contributed by atoms with van der Waals surface area (Å²) in [7, 11) is 0. The van der Waals surface area contributed by atoms with Gasteiger partial charge in [-0.3, -0.25) is 0 Å². The lowest BCUT2D eigenvalue weighted by atomic mass is 10.3. The zero-order valence-corrected chi connectivity index (χ0v) is 11.3. The van der Waals surface area contributed by atoms with E-state index in [1.165, 1.54) is 6.08 Å². The topological polar surface area (TPSA) is 89.3 Å². The second kappa shape index (κ2) is 6.18. The molecule has 0 atom stereocenters. The quantitative estimate of drug-likeness (QED) is 0.582. The highest BCUT2D eigenvalue weighted by atomic mass is 16.5. The monoisotopic (exact) mass is 279 g/mol. The highest BCUT2D eigenvalue weighted by Crippen LogP contribution is 2.06. The number of amides is 2. The summed E-state index contributed by atoms with van der Waals surface area (Å²) in [6.45, 7) is 7.71. The molecule has 0 unspecified atom stereocenters. The zero-order chi connectivity index (χ0) is 14.5. The number of esters is 1. The summed E-state index contributed by atoms with van der Waals surface area (Å²) in [5, 5.41) is 10.5. The van der Waals surface area contributed by atoms with Crippen molar-refractivity contribution in [3.63, 3.8) is 0 Å². The van der Waals surface area contributed by atoms with E-state index < -0.39 is 5.97 Å². The van der Waals surface area contributed by atoms with Gasteiger partial charge in [-0.25, -0.2) is 14.3 Å². The maximum atomic E-state index is 11.7. The fourth-order valence-electron chi connectivity index (χ4n) is 1.90. The van der Waals surface area contributed by atoms with Gasteiger partial charge in [0.1, 0.15) is 6.61 Å². The third-order valence-corrected chi connectivity index (χ3v) is 3.04. The van der Waals surface area contributed by atoms with Gasteiger partial charge in [-0.1, -0.05) is 17.9 Å². The van der Waals surface area contributed by atoms with Crippen molar-refractivity contribution in [2.75, 3.05) is 26.2 Å². The molecule has 1 aromatic heterocycles. The van der Waals surface area contributed by atoms with Gasteiger partial charge in [0.25, 0.3) is 0 Å². The number of ether oxygens (including phenoxy) is 1. The van der Waals surface area contributed by atoms with Crippen molar-refractivity contribution in [1.29, 1.82) is 0 Å². The minimum absolute atomic E-state index is 0.0756. The molecule has 1 fully saturated rings. The largest absolute Gasteiger partial charge is 0.457 e. The van der Waals surface area contributed by atoms with Crippen molar-refractivity contribution in [1.82, 2.24) is 25.2 Å². The first-order valence-corrected chi connectivity index (χ1v) is 6.34. The minimum atomic E-state index is -0.521. The van der Waals surface area contributed by atoms with Crippen LogP contribution in [0.1, 0.15) is 16.2 Å². The van der Waals surface area contributed by atoms with Crippen LogP contribution in [0.15, 0.2) is 12.7 Å². The van der Waals surface area contributed by atoms with Gasteiger partial charge >= 0.3 is 12.0 Å². The Morgan fingerprint density at radius 3 is 3.00 bits per heavy atom. The molecule has 1 N–H and O–H groups in total. The first-order chi connectivity index (χ1) is 9.63. The first-order valence-electron chi connectivity index (χ1n) is 6.34. The molecule has 2 heterocycles. The Morgan fingerprint density at radius 2 is 2.35 bits per heavy atom. The number of carbonyl (C=O) groups excluding carboxylic acids is 2. The van der Waals surface area contributed by atoms with E-state index in [1.54, 1.807) is 16.5 Å². The van der Waals surface area contributed by atoms with Gasteiger partial charge in [-0.15, -0.1) is 5.10 Å². The molecule has 0 bridgehead atoms. The second-order valence-corrected chi connectivity index (χ2v) is 4.35. The van der Waals surface area contributed by atoms with Gasteiger partial charge < -0.3 is 15.0 Å². The SMILES string of the molecule is C=CCOC(=O)c1nnn(CCN2CCNC2=O)c1C. The molecule has 8 heteroatoms. The molecule has 2 amide bonds. The lowest BCUT2D eigenvalue weighted by molar-refractivity contribution is 0.0542. The number of urea groups is 1. The standard InChI is InChI=1S/C12H17N5O3/c1-3-8-20-11(18)10-9(2)17(15-14-10)7-6-16-5-4-13-12(16)19/h3H,1,4-8H2,2H3,(H,13,19). The number of aromatic nitrogens is 3. The number of nitrogens with one attached hydrogen (secondary N) is 1.